The Hall–Kier alpha value is -4.17. The molecule has 0 aromatic heterocycles. The molecule has 2 atom stereocenters. The van der Waals surface area contributed by atoms with Crippen LogP contribution in [0.5, 0.6) is 5.75 Å². The maximum absolute atomic E-state index is 11.3. The zero-order chi connectivity index (χ0) is 31.5. The quantitative estimate of drug-likeness (QED) is 0.289. The predicted octanol–water partition coefficient (Wildman–Crippen LogP) is 5.70. The van der Waals surface area contributed by atoms with Crippen LogP contribution in [-0.4, -0.2) is 54.9 Å². The normalized spacial score (nSPS) is 17.0. The van der Waals surface area contributed by atoms with Gasteiger partial charge in [-0.15, -0.1) is 0 Å². The fraction of sp³-hybridized carbons (Fsp3) is 0.400. The van der Waals surface area contributed by atoms with E-state index in [9.17, 15) is 9.59 Å². The summed E-state index contributed by atoms with van der Waals surface area (Å²) in [5.74, 6) is 0.133. The number of aldehydes is 1. The van der Waals surface area contributed by atoms with E-state index in [0.29, 0.717) is 18.0 Å². The summed E-state index contributed by atoms with van der Waals surface area (Å²) in [5.41, 5.74) is 14.9. The van der Waals surface area contributed by atoms with Crippen LogP contribution in [0.3, 0.4) is 0 Å². The number of amides is 1. The largest absolute Gasteiger partial charge is 0.493 e. The van der Waals surface area contributed by atoms with Gasteiger partial charge in [0.1, 0.15) is 12.0 Å². The van der Waals surface area contributed by atoms with Crippen LogP contribution < -0.4 is 15.8 Å². The highest BCUT2D eigenvalue weighted by Gasteiger charge is 2.35. The zero-order valence-corrected chi connectivity index (χ0v) is 26.0. The van der Waals surface area contributed by atoms with Gasteiger partial charge >= 0.3 is 0 Å². The van der Waals surface area contributed by atoms with Gasteiger partial charge < -0.3 is 25.7 Å². The van der Waals surface area contributed by atoms with E-state index in [2.05, 4.69) is 61.3 Å². The summed E-state index contributed by atoms with van der Waals surface area (Å²) in [6, 6.07) is 18.5. The Balaban J connectivity index is 0.000000263. The summed E-state index contributed by atoms with van der Waals surface area (Å²) in [6.45, 7) is 9.60. The fourth-order valence-corrected chi connectivity index (χ4v) is 6.07. The summed E-state index contributed by atoms with van der Waals surface area (Å²) in [5, 5.41) is 10.7. The van der Waals surface area contributed by atoms with Crippen molar-refractivity contribution in [2.45, 2.75) is 65.3 Å². The Morgan fingerprint density at radius 3 is 2.23 bits per heavy atom. The molecule has 0 saturated carbocycles. The third-order valence-electron chi connectivity index (χ3n) is 8.13. The van der Waals surface area contributed by atoms with E-state index in [1.54, 1.807) is 12.1 Å². The maximum atomic E-state index is 11.3. The third-order valence-corrected chi connectivity index (χ3v) is 8.13. The van der Waals surface area contributed by atoms with Gasteiger partial charge in [-0.2, -0.15) is 0 Å². The molecule has 1 saturated heterocycles. The van der Waals surface area contributed by atoms with Gasteiger partial charge in [0.15, 0.2) is 0 Å². The minimum absolute atomic E-state index is 0.149. The topological polar surface area (TPSA) is 122 Å². The number of carbonyl (C=O) groups is 3. The molecule has 2 unspecified atom stereocenters. The second-order valence-electron chi connectivity index (χ2n) is 10.8. The van der Waals surface area contributed by atoms with Crippen molar-refractivity contribution < 1.29 is 24.2 Å². The number of hydrogen-bond donors (Lipinski definition) is 3. The number of carboxylic acid groups (broad SMARTS) is 1. The number of nitrogens with two attached hydrogens (primary N) is 1. The van der Waals surface area contributed by atoms with Gasteiger partial charge in [-0.3, -0.25) is 14.5 Å². The number of hydrogen-bond acceptors (Lipinski definition) is 6. The molecular weight excluding hydrogens is 542 g/mol. The van der Waals surface area contributed by atoms with Crippen molar-refractivity contribution in [3.8, 4) is 5.75 Å². The van der Waals surface area contributed by atoms with Crippen LogP contribution in [0.15, 0.2) is 54.6 Å². The molecule has 0 spiro atoms. The predicted molar refractivity (Wildman–Crippen MR) is 171 cm³/mol. The lowest BCUT2D eigenvalue weighted by Gasteiger charge is -2.22. The summed E-state index contributed by atoms with van der Waals surface area (Å²) in [4.78, 5) is 33.8. The van der Waals surface area contributed by atoms with Gasteiger partial charge in [-0.25, -0.2) is 0 Å². The van der Waals surface area contributed by atoms with Crippen molar-refractivity contribution in [3.63, 3.8) is 0 Å². The van der Waals surface area contributed by atoms with Crippen LogP contribution in [0, 0.1) is 6.92 Å². The van der Waals surface area contributed by atoms with Crippen LogP contribution in [0.25, 0.3) is 0 Å². The monoisotopic (exact) mass is 587 g/mol. The molecule has 3 aromatic carbocycles. The number of benzene rings is 3. The lowest BCUT2D eigenvalue weighted by atomic mass is 9.89. The molecule has 0 bridgehead atoms. The van der Waals surface area contributed by atoms with Gasteiger partial charge in [0.05, 0.1) is 13.2 Å². The SMILES string of the molecule is CC(=O)O.CCc1cccc(CC)c1NC.Cc1c(C2CC(c3ccc(C(N)=O)cc3)N(CC=O)C2)ccc2c1OCC2. The molecule has 2 heterocycles. The molecule has 4 N–H and O–H groups in total. The van der Waals surface area contributed by atoms with E-state index in [4.69, 9.17) is 20.4 Å². The minimum atomic E-state index is -0.833. The molecule has 1 amide bonds. The first-order valence-corrected chi connectivity index (χ1v) is 15.0. The van der Waals surface area contributed by atoms with E-state index in [1.165, 1.54) is 33.5 Å². The summed E-state index contributed by atoms with van der Waals surface area (Å²) >= 11 is 0. The Morgan fingerprint density at radius 1 is 1.07 bits per heavy atom. The number of fused-ring (bicyclic) bond motifs is 1. The van der Waals surface area contributed by atoms with Crippen LogP contribution >= 0.6 is 0 Å². The number of aliphatic carboxylic acids is 1. The Labute approximate surface area is 255 Å². The lowest BCUT2D eigenvalue weighted by Crippen LogP contribution is -2.26. The number of carboxylic acids is 1. The molecule has 5 rings (SSSR count). The van der Waals surface area contributed by atoms with Crippen molar-refractivity contribution in [2.75, 3.05) is 32.1 Å². The number of likely N-dealkylation sites (tertiary alicyclic amines) is 1. The van der Waals surface area contributed by atoms with Crippen LogP contribution in [0.2, 0.25) is 0 Å². The smallest absolute Gasteiger partial charge is 0.300 e. The van der Waals surface area contributed by atoms with E-state index in [-0.39, 0.29) is 6.04 Å². The molecule has 8 heteroatoms. The molecule has 8 nitrogen and oxygen atoms in total. The first kappa shape index (κ1) is 33.3. The van der Waals surface area contributed by atoms with Crippen molar-refractivity contribution in [3.05, 3.63) is 93.5 Å². The van der Waals surface area contributed by atoms with Crippen LogP contribution in [0.1, 0.15) is 82.9 Å². The number of para-hydroxylation sites is 1. The highest BCUT2D eigenvalue weighted by Crippen LogP contribution is 2.43. The van der Waals surface area contributed by atoms with Gasteiger partial charge in [0, 0.05) is 44.2 Å². The summed E-state index contributed by atoms with van der Waals surface area (Å²) < 4.78 is 5.84. The zero-order valence-electron chi connectivity index (χ0n) is 26.0. The highest BCUT2D eigenvalue weighted by atomic mass is 16.5. The number of primary amides is 1. The molecule has 0 radical (unpaired) electrons. The fourth-order valence-electron chi connectivity index (χ4n) is 6.07. The third kappa shape index (κ3) is 8.45. The molecular formula is C35H45N3O5. The molecule has 2 aliphatic rings. The van der Waals surface area contributed by atoms with Crippen molar-refractivity contribution in [1.29, 1.82) is 0 Å². The van der Waals surface area contributed by atoms with E-state index in [0.717, 1.165) is 63.4 Å². The average molecular weight is 588 g/mol. The molecule has 2 aliphatic heterocycles. The van der Waals surface area contributed by atoms with Gasteiger partial charge in [0.2, 0.25) is 5.91 Å². The first-order chi connectivity index (χ1) is 20.6. The second kappa shape index (κ2) is 15.9. The number of nitrogens with one attached hydrogen (secondary N) is 1. The molecule has 3 aromatic rings. The Kier molecular flexibility index (Phi) is 12.3. The first-order valence-electron chi connectivity index (χ1n) is 15.0. The molecule has 1 fully saturated rings. The van der Waals surface area contributed by atoms with Crippen molar-refractivity contribution in [2.24, 2.45) is 5.73 Å². The Bertz CT molecular complexity index is 1380. The van der Waals surface area contributed by atoms with Crippen LogP contribution in [-0.2, 0) is 28.9 Å². The second-order valence-corrected chi connectivity index (χ2v) is 10.8. The molecule has 43 heavy (non-hydrogen) atoms. The highest BCUT2D eigenvalue weighted by molar-refractivity contribution is 5.92. The van der Waals surface area contributed by atoms with E-state index >= 15 is 0 Å². The molecule has 0 aliphatic carbocycles. The number of anilines is 1. The number of carbonyl (C=O) groups excluding carboxylic acids is 2. The number of nitrogens with zero attached hydrogens (tertiary/aromatic N) is 1. The Morgan fingerprint density at radius 2 is 1.70 bits per heavy atom. The maximum Gasteiger partial charge on any atom is 0.300 e. The summed E-state index contributed by atoms with van der Waals surface area (Å²) in [7, 11) is 1.99. The van der Waals surface area contributed by atoms with Gasteiger partial charge in [0.25, 0.3) is 5.97 Å². The number of rotatable bonds is 8. The van der Waals surface area contributed by atoms with Gasteiger partial charge in [-0.1, -0.05) is 56.3 Å². The average Bonchev–Trinajstić information content (AvgIpc) is 3.65. The standard InChI is InChI=1S/C22H24N2O3.C11H17N.C2H4O2/c1-14-19(7-6-16-8-11-27-21(14)16)18-12-20(24(13-18)9-10-25)15-2-4-17(5-3-15)22(23)26;1-4-9-7-6-8-10(5-2)11(9)12-3;1-2(3)4/h2-7,10,18,20H,8-9,11-13H2,1H3,(H2,23,26);6-8,12H,4-5H2,1-3H3;1H3,(H,3,4). The van der Waals surface area contributed by atoms with Crippen LogP contribution in [0.4, 0.5) is 5.69 Å². The number of ether oxygens (including phenoxy) is 1. The van der Waals surface area contributed by atoms with Crippen molar-refractivity contribution >= 4 is 23.9 Å². The van der Waals surface area contributed by atoms with Crippen molar-refractivity contribution in [1.82, 2.24) is 4.90 Å². The molecule has 230 valence electrons. The summed E-state index contributed by atoms with van der Waals surface area (Å²) in [6.07, 6.45) is 5.08. The van der Waals surface area contributed by atoms with E-state index < -0.39 is 11.9 Å². The number of aryl methyl sites for hydroxylation is 2. The minimum Gasteiger partial charge on any atom is -0.493 e. The van der Waals surface area contributed by atoms with E-state index in [1.807, 2.05) is 19.2 Å². The lowest BCUT2D eigenvalue weighted by molar-refractivity contribution is -0.134. The van der Waals surface area contributed by atoms with Gasteiger partial charge in [-0.05, 0) is 77.6 Å².